The SMILES string of the molecule is CCCCCCCC(=O)OCCCCOC(=O)CCN(CCC(=O)OCCCCOC=O)CCN(C)CCC. The van der Waals surface area contributed by atoms with Crippen LogP contribution >= 0.6 is 0 Å². The van der Waals surface area contributed by atoms with E-state index in [4.69, 9.17) is 14.2 Å². The van der Waals surface area contributed by atoms with Gasteiger partial charge in [-0.15, -0.1) is 0 Å². The lowest BCUT2D eigenvalue weighted by Crippen LogP contribution is -2.36. The van der Waals surface area contributed by atoms with Crippen LogP contribution in [0.2, 0.25) is 0 Å². The van der Waals surface area contributed by atoms with Crippen LogP contribution < -0.4 is 0 Å². The van der Waals surface area contributed by atoms with Crippen molar-refractivity contribution in [2.45, 2.75) is 97.3 Å². The molecule has 228 valence electrons. The first-order valence-corrected chi connectivity index (χ1v) is 14.9. The second kappa shape index (κ2) is 27.4. The van der Waals surface area contributed by atoms with Gasteiger partial charge in [0.2, 0.25) is 0 Å². The maximum absolute atomic E-state index is 12.2. The van der Waals surface area contributed by atoms with Crippen LogP contribution in [0.1, 0.15) is 97.3 Å². The largest absolute Gasteiger partial charge is 0.468 e. The first-order chi connectivity index (χ1) is 18.9. The molecule has 0 rings (SSSR count). The maximum Gasteiger partial charge on any atom is 0.307 e. The quantitative estimate of drug-likeness (QED) is 0.0601. The van der Waals surface area contributed by atoms with Gasteiger partial charge in [-0.05, 0) is 52.1 Å². The number of hydrogen-bond acceptors (Lipinski definition) is 10. The molecule has 10 nitrogen and oxygen atoms in total. The Balaban J connectivity index is 4.13. The average molecular weight is 559 g/mol. The predicted octanol–water partition coefficient (Wildman–Crippen LogP) is 4.13. The fourth-order valence-electron chi connectivity index (χ4n) is 3.83. The summed E-state index contributed by atoms with van der Waals surface area (Å²) in [5, 5.41) is 0. The summed E-state index contributed by atoms with van der Waals surface area (Å²) in [6.45, 7) is 9.55. The number of ether oxygens (including phenoxy) is 4. The van der Waals surface area contributed by atoms with E-state index in [1.165, 1.54) is 12.8 Å². The van der Waals surface area contributed by atoms with E-state index in [0.717, 1.165) is 45.3 Å². The number of nitrogens with zero attached hydrogens (tertiary/aromatic N) is 2. The summed E-state index contributed by atoms with van der Waals surface area (Å²) >= 11 is 0. The summed E-state index contributed by atoms with van der Waals surface area (Å²) in [6.07, 6.45) is 10.1. The first kappa shape index (κ1) is 36.8. The fourth-order valence-corrected chi connectivity index (χ4v) is 3.83. The van der Waals surface area contributed by atoms with Gasteiger partial charge in [-0.1, -0.05) is 39.5 Å². The standard InChI is InChI=1S/C29H54N2O8/c1-4-6-7-8-9-14-27(33)37-24-12-13-25-39-29(35)16-19-31(21-20-30(3)17-5-2)18-15-28(34)38-23-11-10-22-36-26-32/h26H,4-25H2,1-3H3. The average Bonchev–Trinajstić information content (AvgIpc) is 2.92. The van der Waals surface area contributed by atoms with E-state index in [-0.39, 0.29) is 30.7 Å². The Bertz CT molecular complexity index is 632. The van der Waals surface area contributed by atoms with Gasteiger partial charge in [0.25, 0.3) is 6.47 Å². The number of rotatable bonds is 28. The Hall–Kier alpha value is -2.20. The van der Waals surface area contributed by atoms with Crippen LogP contribution in [0.4, 0.5) is 0 Å². The van der Waals surface area contributed by atoms with Crippen LogP contribution in [-0.2, 0) is 38.1 Å². The zero-order valence-electron chi connectivity index (χ0n) is 24.8. The highest BCUT2D eigenvalue weighted by molar-refractivity contribution is 5.70. The van der Waals surface area contributed by atoms with Crippen LogP contribution in [-0.4, -0.2) is 100 Å². The Morgan fingerprint density at radius 3 is 1.59 bits per heavy atom. The van der Waals surface area contributed by atoms with Crippen LogP contribution in [0.5, 0.6) is 0 Å². The van der Waals surface area contributed by atoms with Gasteiger partial charge in [0.05, 0.1) is 39.3 Å². The first-order valence-electron chi connectivity index (χ1n) is 14.9. The molecule has 0 aromatic carbocycles. The van der Waals surface area contributed by atoms with Crippen molar-refractivity contribution in [1.29, 1.82) is 0 Å². The highest BCUT2D eigenvalue weighted by atomic mass is 16.5. The van der Waals surface area contributed by atoms with Gasteiger partial charge >= 0.3 is 17.9 Å². The second-order valence-electron chi connectivity index (χ2n) is 9.85. The van der Waals surface area contributed by atoms with E-state index in [0.29, 0.717) is 78.1 Å². The van der Waals surface area contributed by atoms with E-state index in [9.17, 15) is 19.2 Å². The zero-order valence-corrected chi connectivity index (χ0v) is 24.8. The fraction of sp³-hybridized carbons (Fsp3) is 0.862. The molecule has 0 spiro atoms. The van der Waals surface area contributed by atoms with E-state index in [2.05, 4.69) is 35.4 Å². The highest BCUT2D eigenvalue weighted by Crippen LogP contribution is 2.06. The van der Waals surface area contributed by atoms with Crippen molar-refractivity contribution in [2.75, 3.05) is 66.2 Å². The molecule has 0 aromatic rings. The molecule has 0 saturated heterocycles. The summed E-state index contributed by atoms with van der Waals surface area (Å²) in [5.74, 6) is -0.703. The molecule has 0 aliphatic carbocycles. The van der Waals surface area contributed by atoms with Gasteiger partial charge in [-0.2, -0.15) is 0 Å². The lowest BCUT2D eigenvalue weighted by atomic mass is 10.1. The Kier molecular flexibility index (Phi) is 25.8. The van der Waals surface area contributed by atoms with Crippen molar-refractivity contribution in [2.24, 2.45) is 0 Å². The van der Waals surface area contributed by atoms with Crippen molar-refractivity contribution in [3.05, 3.63) is 0 Å². The molecule has 0 bridgehead atoms. The predicted molar refractivity (Wildman–Crippen MR) is 150 cm³/mol. The molecule has 0 N–H and O–H groups in total. The molecule has 39 heavy (non-hydrogen) atoms. The molecule has 0 amide bonds. The summed E-state index contributed by atoms with van der Waals surface area (Å²) in [6, 6.07) is 0. The molecule has 10 heteroatoms. The molecule has 0 saturated carbocycles. The summed E-state index contributed by atoms with van der Waals surface area (Å²) < 4.78 is 20.5. The summed E-state index contributed by atoms with van der Waals surface area (Å²) in [4.78, 5) is 50.5. The lowest BCUT2D eigenvalue weighted by molar-refractivity contribution is -0.146. The third-order valence-electron chi connectivity index (χ3n) is 6.20. The molecule has 0 radical (unpaired) electrons. The van der Waals surface area contributed by atoms with Gasteiger partial charge in [0, 0.05) is 32.6 Å². The zero-order chi connectivity index (χ0) is 29.0. The number of esters is 3. The Morgan fingerprint density at radius 2 is 1.08 bits per heavy atom. The van der Waals surface area contributed by atoms with Crippen molar-refractivity contribution in [1.82, 2.24) is 9.80 Å². The van der Waals surface area contributed by atoms with Gasteiger partial charge in [-0.25, -0.2) is 0 Å². The molecule has 0 aromatic heterocycles. The maximum atomic E-state index is 12.2. The smallest absolute Gasteiger partial charge is 0.307 e. The lowest BCUT2D eigenvalue weighted by Gasteiger charge is -2.25. The van der Waals surface area contributed by atoms with Crippen molar-refractivity contribution < 1.29 is 38.1 Å². The molecule has 0 atom stereocenters. The monoisotopic (exact) mass is 558 g/mol. The summed E-state index contributed by atoms with van der Waals surface area (Å²) in [5.41, 5.74) is 0. The molecule has 0 unspecified atom stereocenters. The third-order valence-corrected chi connectivity index (χ3v) is 6.20. The Labute approximate surface area is 236 Å². The Morgan fingerprint density at radius 1 is 0.564 bits per heavy atom. The van der Waals surface area contributed by atoms with Crippen LogP contribution in [0, 0.1) is 0 Å². The second-order valence-corrected chi connectivity index (χ2v) is 9.85. The molecule has 0 heterocycles. The van der Waals surface area contributed by atoms with E-state index < -0.39 is 0 Å². The number of hydrogen-bond donors (Lipinski definition) is 0. The molecular weight excluding hydrogens is 504 g/mol. The molecular formula is C29H54N2O8. The minimum Gasteiger partial charge on any atom is -0.468 e. The van der Waals surface area contributed by atoms with Crippen molar-refractivity contribution in [3.8, 4) is 0 Å². The topological polar surface area (TPSA) is 112 Å². The number of unbranched alkanes of at least 4 members (excludes halogenated alkanes) is 6. The van der Waals surface area contributed by atoms with E-state index in [1.54, 1.807) is 0 Å². The third kappa shape index (κ3) is 25.8. The van der Waals surface area contributed by atoms with Gasteiger partial charge < -0.3 is 28.7 Å². The minimum atomic E-state index is -0.280. The highest BCUT2D eigenvalue weighted by Gasteiger charge is 2.13. The van der Waals surface area contributed by atoms with Gasteiger partial charge in [0.1, 0.15) is 0 Å². The summed E-state index contributed by atoms with van der Waals surface area (Å²) in [7, 11) is 2.06. The van der Waals surface area contributed by atoms with Crippen LogP contribution in [0.25, 0.3) is 0 Å². The van der Waals surface area contributed by atoms with Crippen molar-refractivity contribution in [3.63, 3.8) is 0 Å². The van der Waals surface area contributed by atoms with E-state index in [1.807, 2.05) is 0 Å². The van der Waals surface area contributed by atoms with Crippen LogP contribution in [0.15, 0.2) is 0 Å². The number of carbonyl (C=O) groups is 4. The van der Waals surface area contributed by atoms with Gasteiger partial charge in [0.15, 0.2) is 0 Å². The normalized spacial score (nSPS) is 11.0. The molecule has 0 aliphatic rings. The number of likely N-dealkylation sites (N-methyl/N-ethyl adjacent to an activating group) is 1. The number of carbonyl (C=O) groups excluding carboxylic acids is 4. The minimum absolute atomic E-state index is 0.152. The van der Waals surface area contributed by atoms with Gasteiger partial charge in [-0.3, -0.25) is 19.2 Å². The molecule has 0 fully saturated rings. The molecule has 0 aliphatic heterocycles. The van der Waals surface area contributed by atoms with Crippen LogP contribution in [0.3, 0.4) is 0 Å². The van der Waals surface area contributed by atoms with Crippen molar-refractivity contribution >= 4 is 24.4 Å². The van der Waals surface area contributed by atoms with E-state index >= 15 is 0 Å².